The number of benzene rings is 2. The van der Waals surface area contributed by atoms with Crippen LogP contribution in [0, 0.1) is 17.0 Å². The van der Waals surface area contributed by atoms with Crippen molar-refractivity contribution >= 4 is 22.4 Å². The van der Waals surface area contributed by atoms with Crippen LogP contribution in [-0.2, 0) is 17.4 Å². The van der Waals surface area contributed by atoms with Gasteiger partial charge in [0.15, 0.2) is 11.0 Å². The number of fused-ring (bicyclic) bond motifs is 1. The Hall–Kier alpha value is -2.21. The number of non-ortho nitro benzene ring substituents is 1. The molecule has 114 valence electrons. The summed E-state index contributed by atoms with van der Waals surface area (Å²) in [6, 6.07) is 12.4. The van der Waals surface area contributed by atoms with Gasteiger partial charge in [-0.3, -0.25) is 14.4 Å². The molecule has 2 aromatic rings. The molecular formula is C16H16N2O3S. The summed E-state index contributed by atoms with van der Waals surface area (Å²) in [4.78, 5) is 11.0. The van der Waals surface area contributed by atoms with Gasteiger partial charge in [-0.2, -0.15) is 0 Å². The summed E-state index contributed by atoms with van der Waals surface area (Å²) in [7, 11) is -1.44. The standard InChI is InChI=1S/C16H16N2O3S/c1-12-8-9-14(18(19)20)11-16(12)22(21)17-10-4-6-13-5-2-3-7-15(13)17/h2-3,5,7-9,11H,4,6,10H2,1H3. The van der Waals surface area contributed by atoms with Crippen LogP contribution in [-0.4, -0.2) is 15.7 Å². The molecule has 5 nitrogen and oxygen atoms in total. The minimum absolute atomic E-state index is 0.0285. The third-order valence-electron chi connectivity index (χ3n) is 3.84. The number of hydrogen-bond donors (Lipinski definition) is 0. The number of para-hydroxylation sites is 1. The van der Waals surface area contributed by atoms with E-state index in [1.54, 1.807) is 6.07 Å². The Morgan fingerprint density at radius 2 is 2.00 bits per heavy atom. The van der Waals surface area contributed by atoms with Gasteiger partial charge < -0.3 is 0 Å². The molecule has 1 atom stereocenters. The average molecular weight is 316 g/mol. The summed E-state index contributed by atoms with van der Waals surface area (Å²) in [5.41, 5.74) is 2.90. The molecule has 1 aliphatic rings. The third kappa shape index (κ3) is 2.62. The zero-order valence-corrected chi connectivity index (χ0v) is 13.0. The van der Waals surface area contributed by atoms with Crippen LogP contribution in [0.4, 0.5) is 11.4 Å². The monoisotopic (exact) mass is 316 g/mol. The van der Waals surface area contributed by atoms with Crippen LogP contribution in [0.3, 0.4) is 0 Å². The number of rotatable bonds is 3. The van der Waals surface area contributed by atoms with E-state index in [1.165, 1.54) is 17.7 Å². The lowest BCUT2D eigenvalue weighted by Crippen LogP contribution is -2.31. The van der Waals surface area contributed by atoms with E-state index < -0.39 is 15.9 Å². The largest absolute Gasteiger partial charge is 0.287 e. The fraction of sp³-hybridized carbons (Fsp3) is 0.250. The third-order valence-corrected chi connectivity index (χ3v) is 5.43. The first-order valence-electron chi connectivity index (χ1n) is 7.10. The molecule has 0 aromatic heterocycles. The fourth-order valence-corrected chi connectivity index (χ4v) is 4.13. The van der Waals surface area contributed by atoms with Crippen LogP contribution in [0.2, 0.25) is 0 Å². The second-order valence-corrected chi connectivity index (χ2v) is 6.67. The molecule has 6 heteroatoms. The van der Waals surface area contributed by atoms with Crippen LogP contribution >= 0.6 is 0 Å². The lowest BCUT2D eigenvalue weighted by atomic mass is 10.0. The highest BCUT2D eigenvalue weighted by Gasteiger charge is 2.24. The molecule has 1 aliphatic heterocycles. The van der Waals surface area contributed by atoms with Gasteiger partial charge in [-0.25, -0.2) is 4.21 Å². The SMILES string of the molecule is Cc1ccc([N+](=O)[O-])cc1S(=O)N1CCCc2ccccc21. The van der Waals surface area contributed by atoms with Gasteiger partial charge in [0.25, 0.3) is 5.69 Å². The molecule has 0 saturated carbocycles. The lowest BCUT2D eigenvalue weighted by molar-refractivity contribution is -0.385. The highest BCUT2D eigenvalue weighted by molar-refractivity contribution is 7.86. The minimum Gasteiger partial charge on any atom is -0.287 e. The summed E-state index contributed by atoms with van der Waals surface area (Å²) in [6.07, 6.45) is 1.90. The highest BCUT2D eigenvalue weighted by atomic mass is 32.2. The van der Waals surface area contributed by atoms with E-state index in [4.69, 9.17) is 0 Å². The normalized spacial score (nSPS) is 15.2. The molecule has 0 radical (unpaired) electrons. The number of nitrogens with zero attached hydrogens (tertiary/aromatic N) is 2. The van der Waals surface area contributed by atoms with Crippen LogP contribution < -0.4 is 4.31 Å². The van der Waals surface area contributed by atoms with Crippen LogP contribution in [0.5, 0.6) is 0 Å². The predicted molar refractivity (Wildman–Crippen MR) is 86.4 cm³/mol. The maximum absolute atomic E-state index is 13.0. The van der Waals surface area contributed by atoms with Crippen molar-refractivity contribution in [2.75, 3.05) is 10.8 Å². The van der Waals surface area contributed by atoms with E-state index in [0.717, 1.165) is 24.1 Å². The molecule has 0 N–H and O–H groups in total. The van der Waals surface area contributed by atoms with Crippen LogP contribution in [0.25, 0.3) is 0 Å². The van der Waals surface area contributed by atoms with Gasteiger partial charge in [0.05, 0.1) is 15.5 Å². The van der Waals surface area contributed by atoms with Gasteiger partial charge in [0.1, 0.15) is 0 Å². The predicted octanol–water partition coefficient (Wildman–Crippen LogP) is 3.38. The molecule has 0 amide bonds. The van der Waals surface area contributed by atoms with Crippen LogP contribution in [0.15, 0.2) is 47.4 Å². The molecule has 1 unspecified atom stereocenters. The van der Waals surface area contributed by atoms with Gasteiger partial charge in [-0.05, 0) is 37.0 Å². The van der Waals surface area contributed by atoms with Crippen molar-refractivity contribution in [2.24, 2.45) is 0 Å². The fourth-order valence-electron chi connectivity index (χ4n) is 2.68. The second-order valence-electron chi connectivity index (χ2n) is 5.29. The smallest absolute Gasteiger partial charge is 0.270 e. The Labute approximate surface area is 131 Å². The summed E-state index contributed by atoms with van der Waals surface area (Å²) in [5, 5.41) is 11.0. The Bertz CT molecular complexity index is 761. The van der Waals surface area contributed by atoms with E-state index >= 15 is 0 Å². The van der Waals surface area contributed by atoms with Crippen LogP contribution in [0.1, 0.15) is 17.5 Å². The first-order chi connectivity index (χ1) is 10.6. The molecule has 3 rings (SSSR count). The minimum atomic E-state index is -1.44. The van der Waals surface area contributed by atoms with E-state index in [1.807, 2.05) is 35.5 Å². The van der Waals surface area contributed by atoms with Gasteiger partial charge in [0, 0.05) is 18.7 Å². The van der Waals surface area contributed by atoms with Gasteiger partial charge in [-0.1, -0.05) is 24.3 Å². The van der Waals surface area contributed by atoms with E-state index in [0.29, 0.717) is 11.4 Å². The maximum Gasteiger partial charge on any atom is 0.270 e. The zero-order chi connectivity index (χ0) is 15.7. The molecule has 2 aromatic carbocycles. The van der Waals surface area contributed by atoms with Crippen molar-refractivity contribution in [3.63, 3.8) is 0 Å². The number of nitro groups is 1. The Balaban J connectivity index is 2.02. The van der Waals surface area contributed by atoms with Crippen molar-refractivity contribution in [3.05, 3.63) is 63.7 Å². The molecule has 22 heavy (non-hydrogen) atoms. The van der Waals surface area contributed by atoms with Crippen molar-refractivity contribution in [3.8, 4) is 0 Å². The second kappa shape index (κ2) is 5.88. The number of hydrogen-bond acceptors (Lipinski definition) is 3. The highest BCUT2D eigenvalue weighted by Crippen LogP contribution is 2.31. The summed E-state index contributed by atoms with van der Waals surface area (Å²) >= 11 is 0. The lowest BCUT2D eigenvalue weighted by Gasteiger charge is -2.30. The Kier molecular flexibility index (Phi) is 3.94. The van der Waals surface area contributed by atoms with Gasteiger partial charge in [-0.15, -0.1) is 0 Å². The summed E-state index contributed by atoms with van der Waals surface area (Å²) < 4.78 is 14.8. The van der Waals surface area contributed by atoms with E-state index in [-0.39, 0.29) is 5.69 Å². The number of anilines is 1. The molecule has 0 saturated heterocycles. The number of nitro benzene ring substituents is 1. The first kappa shape index (κ1) is 14.7. The molecule has 0 spiro atoms. The molecule has 0 fully saturated rings. The molecular weight excluding hydrogens is 300 g/mol. The molecule has 0 aliphatic carbocycles. The topological polar surface area (TPSA) is 63.5 Å². The molecule has 1 heterocycles. The Morgan fingerprint density at radius 1 is 1.23 bits per heavy atom. The number of aryl methyl sites for hydroxylation is 2. The quantitative estimate of drug-likeness (QED) is 0.644. The van der Waals surface area contributed by atoms with Crippen molar-refractivity contribution < 1.29 is 9.13 Å². The maximum atomic E-state index is 13.0. The summed E-state index contributed by atoms with van der Waals surface area (Å²) in [6.45, 7) is 2.51. The van der Waals surface area contributed by atoms with Crippen molar-refractivity contribution in [1.29, 1.82) is 0 Å². The van der Waals surface area contributed by atoms with Gasteiger partial charge >= 0.3 is 0 Å². The zero-order valence-electron chi connectivity index (χ0n) is 12.2. The molecule has 0 bridgehead atoms. The van der Waals surface area contributed by atoms with E-state index in [9.17, 15) is 14.3 Å². The van der Waals surface area contributed by atoms with Crippen molar-refractivity contribution in [1.82, 2.24) is 0 Å². The van der Waals surface area contributed by atoms with Gasteiger partial charge in [0.2, 0.25) is 0 Å². The Morgan fingerprint density at radius 3 is 2.77 bits per heavy atom. The average Bonchev–Trinajstić information content (AvgIpc) is 2.54. The van der Waals surface area contributed by atoms with E-state index in [2.05, 4.69) is 0 Å². The van der Waals surface area contributed by atoms with Crippen molar-refractivity contribution in [2.45, 2.75) is 24.7 Å². The summed E-state index contributed by atoms with van der Waals surface area (Å²) in [5.74, 6) is 0. The first-order valence-corrected chi connectivity index (χ1v) is 8.21.